The Morgan fingerprint density at radius 3 is 2.73 bits per heavy atom. The molecule has 1 aliphatic rings. The maximum atomic E-state index is 14.2. The van der Waals surface area contributed by atoms with E-state index in [-0.39, 0.29) is 18.5 Å². The summed E-state index contributed by atoms with van der Waals surface area (Å²) in [7, 11) is 3.26. The SMILES string of the molecule is COc1ccc2nc(C)n(CC(=O)N3CCN(Cc4nccs4)CCC3c3ncc(-c4cc5ccccc5nc4OC)[nH]3)c2c1. The highest BCUT2D eigenvalue weighted by atomic mass is 32.1. The summed E-state index contributed by atoms with van der Waals surface area (Å²) < 4.78 is 13.1. The highest BCUT2D eigenvalue weighted by Gasteiger charge is 2.32. The molecular formula is C33H34N8O3S. The smallest absolute Gasteiger partial charge is 0.243 e. The fraction of sp³-hybridized carbons (Fsp3) is 0.303. The molecule has 7 rings (SSSR count). The van der Waals surface area contributed by atoms with Crippen LogP contribution >= 0.6 is 11.3 Å². The fourth-order valence-corrected chi connectivity index (χ4v) is 6.76. The van der Waals surface area contributed by atoms with Crippen LogP contribution in [-0.4, -0.2) is 79.0 Å². The first-order valence-corrected chi connectivity index (χ1v) is 15.8. The lowest BCUT2D eigenvalue weighted by atomic mass is 10.1. The molecule has 1 aliphatic heterocycles. The normalized spacial score (nSPS) is 15.9. The molecule has 5 heterocycles. The number of aromatic nitrogens is 6. The maximum Gasteiger partial charge on any atom is 0.243 e. The average Bonchev–Trinajstić information content (AvgIpc) is 3.79. The van der Waals surface area contributed by atoms with Gasteiger partial charge in [-0.25, -0.2) is 19.9 Å². The average molecular weight is 623 g/mol. The molecule has 11 nitrogen and oxygen atoms in total. The summed E-state index contributed by atoms with van der Waals surface area (Å²) in [6, 6.07) is 15.5. The number of thiazole rings is 1. The zero-order chi connectivity index (χ0) is 30.9. The van der Waals surface area contributed by atoms with Gasteiger partial charge in [0.25, 0.3) is 0 Å². The molecule has 1 saturated heterocycles. The number of amides is 1. The fourth-order valence-electron chi connectivity index (χ4n) is 6.11. The number of ether oxygens (including phenoxy) is 2. The van der Waals surface area contributed by atoms with Crippen molar-refractivity contribution in [2.45, 2.75) is 32.5 Å². The number of rotatable bonds is 8. The van der Waals surface area contributed by atoms with E-state index in [0.717, 1.165) is 75.2 Å². The molecular weight excluding hydrogens is 588 g/mol. The lowest BCUT2D eigenvalue weighted by Crippen LogP contribution is -2.39. The van der Waals surface area contributed by atoms with Gasteiger partial charge in [0.2, 0.25) is 11.8 Å². The standard InChI is InChI=1S/C33H34N8O3S/c1-21-36-26-9-8-23(43-2)17-29(26)41(21)20-31(42)40-14-13-39(19-30-34-11-15-45-30)12-10-28(40)32-35-18-27(37-32)24-16-22-6-4-5-7-25(22)38-33(24)44-3/h4-9,11,15-18,28H,10,12-14,19-20H2,1-3H3,(H,35,37). The van der Waals surface area contributed by atoms with Gasteiger partial charge >= 0.3 is 0 Å². The lowest BCUT2D eigenvalue weighted by Gasteiger charge is -2.29. The molecule has 1 amide bonds. The Balaban J connectivity index is 1.22. The molecule has 6 aromatic rings. The second-order valence-electron chi connectivity index (χ2n) is 11.1. The maximum absolute atomic E-state index is 14.2. The van der Waals surface area contributed by atoms with Crippen molar-refractivity contribution >= 4 is 39.2 Å². The Morgan fingerprint density at radius 1 is 1.02 bits per heavy atom. The number of hydrogen-bond donors (Lipinski definition) is 1. The number of pyridine rings is 1. The number of aromatic amines is 1. The van der Waals surface area contributed by atoms with Crippen molar-refractivity contribution in [2.75, 3.05) is 33.9 Å². The molecule has 12 heteroatoms. The molecule has 2 aromatic carbocycles. The minimum Gasteiger partial charge on any atom is -0.497 e. The monoisotopic (exact) mass is 622 g/mol. The van der Waals surface area contributed by atoms with Crippen LogP contribution in [0.25, 0.3) is 33.2 Å². The van der Waals surface area contributed by atoms with E-state index in [9.17, 15) is 4.79 Å². The van der Waals surface area contributed by atoms with E-state index in [1.807, 2.05) is 76.6 Å². The lowest BCUT2D eigenvalue weighted by molar-refractivity contribution is -0.134. The molecule has 1 atom stereocenters. The largest absolute Gasteiger partial charge is 0.497 e. The van der Waals surface area contributed by atoms with E-state index in [2.05, 4.69) is 20.9 Å². The third-order valence-electron chi connectivity index (χ3n) is 8.44. The summed E-state index contributed by atoms with van der Waals surface area (Å²) >= 11 is 1.65. The molecule has 230 valence electrons. The van der Waals surface area contributed by atoms with Gasteiger partial charge in [0.15, 0.2) is 0 Å². The van der Waals surface area contributed by atoms with Gasteiger partial charge in [0.1, 0.15) is 29.0 Å². The van der Waals surface area contributed by atoms with Crippen molar-refractivity contribution in [1.29, 1.82) is 0 Å². The minimum atomic E-state index is -0.253. The van der Waals surface area contributed by atoms with Gasteiger partial charge in [0.05, 0.1) is 60.8 Å². The summed E-state index contributed by atoms with van der Waals surface area (Å²) in [6.07, 6.45) is 4.36. The molecule has 4 aromatic heterocycles. The summed E-state index contributed by atoms with van der Waals surface area (Å²) in [5.74, 6) is 2.76. The molecule has 0 aliphatic carbocycles. The first-order valence-electron chi connectivity index (χ1n) is 14.9. The predicted molar refractivity (Wildman–Crippen MR) is 173 cm³/mol. The second kappa shape index (κ2) is 12.3. The van der Waals surface area contributed by atoms with Gasteiger partial charge in [0, 0.05) is 42.7 Å². The number of imidazole rings is 2. The van der Waals surface area contributed by atoms with Gasteiger partial charge in [-0.3, -0.25) is 9.69 Å². The number of hydrogen-bond acceptors (Lipinski definition) is 9. The Kier molecular flexibility index (Phi) is 7.90. The van der Waals surface area contributed by atoms with Crippen molar-refractivity contribution in [3.05, 3.63) is 83.0 Å². The van der Waals surface area contributed by atoms with Crippen LogP contribution in [0.15, 0.2) is 66.3 Å². The van der Waals surface area contributed by atoms with Crippen LogP contribution in [0.2, 0.25) is 0 Å². The Labute approximate surface area is 264 Å². The van der Waals surface area contributed by atoms with Gasteiger partial charge in [-0.1, -0.05) is 18.2 Å². The summed E-state index contributed by atoms with van der Waals surface area (Å²) in [6.45, 7) is 4.93. The number of nitrogens with zero attached hydrogens (tertiary/aromatic N) is 7. The second-order valence-corrected chi connectivity index (χ2v) is 12.1. The number of fused-ring (bicyclic) bond motifs is 2. The molecule has 0 spiro atoms. The van der Waals surface area contributed by atoms with E-state index in [4.69, 9.17) is 24.4 Å². The summed E-state index contributed by atoms with van der Waals surface area (Å²) in [5, 5.41) is 4.07. The number of carbonyl (C=O) groups is 1. The summed E-state index contributed by atoms with van der Waals surface area (Å²) in [4.78, 5) is 40.9. The van der Waals surface area contributed by atoms with E-state index < -0.39 is 0 Å². The highest BCUT2D eigenvalue weighted by Crippen LogP contribution is 2.33. The topological polar surface area (TPSA) is 114 Å². The van der Waals surface area contributed by atoms with Gasteiger partial charge < -0.3 is 23.9 Å². The third-order valence-corrected chi connectivity index (χ3v) is 9.20. The van der Waals surface area contributed by atoms with Crippen LogP contribution in [0.4, 0.5) is 0 Å². The Bertz CT molecular complexity index is 1970. The van der Waals surface area contributed by atoms with Crippen LogP contribution in [-0.2, 0) is 17.9 Å². The Hall–Kier alpha value is -4.81. The predicted octanol–water partition coefficient (Wildman–Crippen LogP) is 5.23. The quantitative estimate of drug-likeness (QED) is 0.245. The van der Waals surface area contributed by atoms with E-state index in [1.54, 1.807) is 25.6 Å². The zero-order valence-corrected chi connectivity index (χ0v) is 26.3. The highest BCUT2D eigenvalue weighted by molar-refractivity contribution is 7.09. The summed E-state index contributed by atoms with van der Waals surface area (Å²) in [5.41, 5.74) is 4.17. The molecule has 0 radical (unpaired) electrons. The Morgan fingerprint density at radius 2 is 1.91 bits per heavy atom. The molecule has 1 fully saturated rings. The molecule has 1 unspecified atom stereocenters. The van der Waals surface area contributed by atoms with Crippen LogP contribution in [0.3, 0.4) is 0 Å². The van der Waals surface area contributed by atoms with Gasteiger partial charge in [-0.05, 0) is 37.6 Å². The van der Waals surface area contributed by atoms with Gasteiger partial charge in [-0.2, -0.15) is 0 Å². The van der Waals surface area contributed by atoms with E-state index in [0.29, 0.717) is 18.8 Å². The number of aryl methyl sites for hydroxylation is 1. The van der Waals surface area contributed by atoms with Crippen molar-refractivity contribution in [1.82, 2.24) is 39.3 Å². The van der Waals surface area contributed by atoms with E-state index >= 15 is 0 Å². The minimum absolute atomic E-state index is 0.00391. The number of methoxy groups -OCH3 is 2. The van der Waals surface area contributed by atoms with Crippen molar-refractivity contribution in [3.8, 4) is 22.9 Å². The van der Waals surface area contributed by atoms with Crippen molar-refractivity contribution in [2.24, 2.45) is 0 Å². The van der Waals surface area contributed by atoms with E-state index in [1.165, 1.54) is 0 Å². The molecule has 1 N–H and O–H groups in total. The number of benzene rings is 2. The van der Waals surface area contributed by atoms with Crippen LogP contribution in [0, 0.1) is 6.92 Å². The first kappa shape index (κ1) is 28.9. The van der Waals surface area contributed by atoms with Crippen LogP contribution < -0.4 is 9.47 Å². The van der Waals surface area contributed by atoms with Gasteiger partial charge in [-0.15, -0.1) is 11.3 Å². The third kappa shape index (κ3) is 5.74. The zero-order valence-electron chi connectivity index (χ0n) is 25.4. The van der Waals surface area contributed by atoms with Crippen molar-refractivity contribution in [3.63, 3.8) is 0 Å². The van der Waals surface area contributed by atoms with Crippen LogP contribution in [0.5, 0.6) is 11.6 Å². The number of carbonyl (C=O) groups excluding carboxylic acids is 1. The number of nitrogens with one attached hydrogen (secondary N) is 1. The van der Waals surface area contributed by atoms with Crippen molar-refractivity contribution < 1.29 is 14.3 Å². The molecule has 45 heavy (non-hydrogen) atoms. The van der Waals surface area contributed by atoms with Crippen LogP contribution in [0.1, 0.15) is 29.1 Å². The number of para-hydroxylation sites is 1. The molecule has 0 bridgehead atoms. The first-order chi connectivity index (χ1) is 22.0. The molecule has 0 saturated carbocycles. The number of H-pyrrole nitrogens is 1.